The summed E-state index contributed by atoms with van der Waals surface area (Å²) >= 11 is 0. The molecule has 0 aromatic carbocycles. The van der Waals surface area contributed by atoms with Crippen molar-refractivity contribution in [3.8, 4) is 6.07 Å². The number of H-pyrrole nitrogens is 1. The number of hydrogen-bond acceptors (Lipinski definition) is 3. The van der Waals surface area contributed by atoms with Gasteiger partial charge in [0.2, 0.25) is 9.84 Å². The van der Waals surface area contributed by atoms with Crippen LogP contribution in [-0.4, -0.2) is 18.1 Å². The van der Waals surface area contributed by atoms with Gasteiger partial charge in [0.15, 0.2) is 4.75 Å². The Bertz CT molecular complexity index is 449. The van der Waals surface area contributed by atoms with Crippen LogP contribution in [0.1, 0.15) is 12.8 Å². The van der Waals surface area contributed by atoms with E-state index in [-0.39, 0.29) is 5.03 Å². The fraction of sp³-hybridized carbons (Fsp3) is 0.375. The van der Waals surface area contributed by atoms with Crippen molar-refractivity contribution in [1.29, 1.82) is 5.26 Å². The van der Waals surface area contributed by atoms with E-state index in [1.54, 1.807) is 12.3 Å². The van der Waals surface area contributed by atoms with Crippen molar-refractivity contribution >= 4 is 9.84 Å². The summed E-state index contributed by atoms with van der Waals surface area (Å²) in [5.74, 6) is 0. The average molecular weight is 196 g/mol. The maximum atomic E-state index is 11.8. The van der Waals surface area contributed by atoms with E-state index in [0.717, 1.165) is 0 Å². The molecule has 0 amide bonds. The van der Waals surface area contributed by atoms with Crippen molar-refractivity contribution < 1.29 is 8.42 Å². The number of nitriles is 1. The third kappa shape index (κ3) is 0.988. The lowest BCUT2D eigenvalue weighted by atomic mass is 10.5. The maximum absolute atomic E-state index is 11.8. The fourth-order valence-corrected chi connectivity index (χ4v) is 2.91. The van der Waals surface area contributed by atoms with Crippen molar-refractivity contribution in [3.63, 3.8) is 0 Å². The highest BCUT2D eigenvalue weighted by Gasteiger charge is 2.56. The number of aromatic amines is 1. The molecule has 1 aliphatic rings. The van der Waals surface area contributed by atoms with Crippen LogP contribution < -0.4 is 0 Å². The molecule has 0 atom stereocenters. The van der Waals surface area contributed by atoms with E-state index in [1.807, 2.05) is 6.07 Å². The Hall–Kier alpha value is -1.28. The molecule has 68 valence electrons. The molecule has 0 aliphatic heterocycles. The first-order chi connectivity index (χ1) is 6.12. The number of rotatable bonds is 2. The van der Waals surface area contributed by atoms with Crippen LogP contribution in [0.2, 0.25) is 0 Å². The van der Waals surface area contributed by atoms with Crippen LogP contribution in [0.25, 0.3) is 0 Å². The highest BCUT2D eigenvalue weighted by molar-refractivity contribution is 7.93. The minimum Gasteiger partial charge on any atom is -0.352 e. The SMILES string of the molecule is N#CC1(S(=O)(=O)c2ccc[nH]2)CC1. The molecule has 5 heteroatoms. The first-order valence-corrected chi connectivity index (χ1v) is 5.40. The number of nitrogens with zero attached hydrogens (tertiary/aromatic N) is 1. The third-order valence-corrected chi connectivity index (χ3v) is 4.64. The molecular formula is C8H8N2O2S. The molecule has 2 rings (SSSR count). The number of aromatic nitrogens is 1. The van der Waals surface area contributed by atoms with E-state index in [1.165, 1.54) is 6.07 Å². The summed E-state index contributed by atoms with van der Waals surface area (Å²) < 4.78 is 22.4. The molecule has 1 aliphatic carbocycles. The van der Waals surface area contributed by atoms with Gasteiger partial charge in [0.1, 0.15) is 5.03 Å². The highest BCUT2D eigenvalue weighted by Crippen LogP contribution is 2.45. The Labute approximate surface area is 76.1 Å². The molecular weight excluding hydrogens is 188 g/mol. The van der Waals surface area contributed by atoms with Gasteiger partial charge in [-0.3, -0.25) is 0 Å². The van der Waals surface area contributed by atoms with E-state index in [4.69, 9.17) is 5.26 Å². The van der Waals surface area contributed by atoms with Crippen LogP contribution in [0.15, 0.2) is 23.4 Å². The minimum atomic E-state index is -3.45. The standard InChI is InChI=1S/C8H8N2O2S/c9-6-8(3-4-8)13(11,12)7-2-1-5-10-7/h1-2,5,10H,3-4H2. The molecule has 1 saturated carbocycles. The Morgan fingerprint density at radius 1 is 1.54 bits per heavy atom. The topological polar surface area (TPSA) is 73.7 Å². The molecule has 0 radical (unpaired) electrons. The van der Waals surface area contributed by atoms with E-state index < -0.39 is 14.6 Å². The fourth-order valence-electron chi connectivity index (χ4n) is 1.25. The largest absolute Gasteiger partial charge is 0.352 e. The second kappa shape index (κ2) is 2.36. The molecule has 0 saturated heterocycles. The smallest absolute Gasteiger partial charge is 0.212 e. The van der Waals surface area contributed by atoms with E-state index in [9.17, 15) is 8.42 Å². The summed E-state index contributed by atoms with van der Waals surface area (Å²) in [4.78, 5) is 2.62. The molecule has 0 unspecified atom stereocenters. The summed E-state index contributed by atoms with van der Waals surface area (Å²) in [6, 6.07) is 4.96. The summed E-state index contributed by atoms with van der Waals surface area (Å²) in [5.41, 5.74) is 0. The Morgan fingerprint density at radius 2 is 2.23 bits per heavy atom. The average Bonchev–Trinajstić information content (AvgIpc) is 2.72. The molecule has 1 aromatic heterocycles. The number of nitrogens with one attached hydrogen (secondary N) is 1. The van der Waals surface area contributed by atoms with Crippen molar-refractivity contribution in [1.82, 2.24) is 4.98 Å². The Morgan fingerprint density at radius 3 is 2.62 bits per heavy atom. The molecule has 0 bridgehead atoms. The second-order valence-corrected chi connectivity index (χ2v) is 5.37. The molecule has 1 N–H and O–H groups in total. The van der Waals surface area contributed by atoms with Crippen LogP contribution >= 0.6 is 0 Å². The Balaban J connectivity index is 2.51. The van der Waals surface area contributed by atoms with Gasteiger partial charge in [-0.05, 0) is 25.0 Å². The molecule has 13 heavy (non-hydrogen) atoms. The first kappa shape index (κ1) is 8.32. The summed E-state index contributed by atoms with van der Waals surface area (Å²) in [6.07, 6.45) is 2.44. The number of hydrogen-bond donors (Lipinski definition) is 1. The zero-order chi connectivity index (χ0) is 9.53. The molecule has 1 aromatic rings. The van der Waals surface area contributed by atoms with Crippen molar-refractivity contribution in [2.45, 2.75) is 22.6 Å². The lowest BCUT2D eigenvalue weighted by molar-refractivity contribution is 0.585. The zero-order valence-electron chi connectivity index (χ0n) is 6.82. The summed E-state index contributed by atoms with van der Waals surface area (Å²) in [7, 11) is -3.45. The van der Waals surface area contributed by atoms with Crippen molar-refractivity contribution in [3.05, 3.63) is 18.3 Å². The zero-order valence-corrected chi connectivity index (χ0v) is 7.63. The van der Waals surface area contributed by atoms with Gasteiger partial charge in [-0.15, -0.1) is 0 Å². The van der Waals surface area contributed by atoms with Gasteiger partial charge in [-0.25, -0.2) is 8.42 Å². The lowest BCUT2D eigenvalue weighted by Gasteiger charge is -2.04. The van der Waals surface area contributed by atoms with Gasteiger partial charge in [-0.2, -0.15) is 5.26 Å². The predicted molar refractivity (Wildman–Crippen MR) is 45.6 cm³/mol. The third-order valence-electron chi connectivity index (χ3n) is 2.28. The lowest BCUT2D eigenvalue weighted by Crippen LogP contribution is -2.21. The first-order valence-electron chi connectivity index (χ1n) is 3.92. The summed E-state index contributed by atoms with van der Waals surface area (Å²) in [6.45, 7) is 0. The van der Waals surface area contributed by atoms with Crippen molar-refractivity contribution in [2.75, 3.05) is 0 Å². The molecule has 1 heterocycles. The summed E-state index contributed by atoms with van der Waals surface area (Å²) in [5, 5.41) is 8.89. The van der Waals surface area contributed by atoms with Crippen molar-refractivity contribution in [2.24, 2.45) is 0 Å². The van der Waals surface area contributed by atoms with E-state index >= 15 is 0 Å². The monoisotopic (exact) mass is 196 g/mol. The van der Waals surface area contributed by atoms with Gasteiger partial charge >= 0.3 is 0 Å². The Kier molecular flexibility index (Phi) is 1.51. The van der Waals surface area contributed by atoms with Gasteiger partial charge in [0, 0.05) is 6.20 Å². The molecule has 4 nitrogen and oxygen atoms in total. The van der Waals surface area contributed by atoms with E-state index in [2.05, 4.69) is 4.98 Å². The second-order valence-electron chi connectivity index (χ2n) is 3.14. The normalized spacial score (nSPS) is 19.3. The van der Waals surface area contributed by atoms with Gasteiger partial charge in [0.05, 0.1) is 6.07 Å². The molecule has 0 spiro atoms. The minimum absolute atomic E-state index is 0.145. The predicted octanol–water partition coefficient (Wildman–Crippen LogP) is 0.845. The maximum Gasteiger partial charge on any atom is 0.212 e. The number of sulfone groups is 1. The van der Waals surface area contributed by atoms with Crippen LogP contribution in [0.4, 0.5) is 0 Å². The molecule has 1 fully saturated rings. The quantitative estimate of drug-likeness (QED) is 0.761. The van der Waals surface area contributed by atoms with Gasteiger partial charge in [0.25, 0.3) is 0 Å². The van der Waals surface area contributed by atoms with Gasteiger partial charge in [-0.1, -0.05) is 0 Å². The van der Waals surface area contributed by atoms with E-state index in [0.29, 0.717) is 12.8 Å². The van der Waals surface area contributed by atoms with Gasteiger partial charge < -0.3 is 4.98 Å². The highest BCUT2D eigenvalue weighted by atomic mass is 32.2. The van der Waals surface area contributed by atoms with Crippen LogP contribution in [0, 0.1) is 11.3 Å². The van der Waals surface area contributed by atoms with Crippen LogP contribution in [-0.2, 0) is 9.84 Å². The van der Waals surface area contributed by atoms with Crippen LogP contribution in [0.3, 0.4) is 0 Å². The van der Waals surface area contributed by atoms with Crippen LogP contribution in [0.5, 0.6) is 0 Å².